The van der Waals surface area contributed by atoms with Crippen LogP contribution >= 0.6 is 0 Å². The average molecular weight is 219 g/mol. The molecule has 0 saturated carbocycles. The van der Waals surface area contributed by atoms with Gasteiger partial charge < -0.3 is 10.6 Å². The number of benzene rings is 1. The van der Waals surface area contributed by atoms with Gasteiger partial charge in [0.25, 0.3) is 0 Å². The van der Waals surface area contributed by atoms with Gasteiger partial charge in [0.15, 0.2) is 0 Å². The van der Waals surface area contributed by atoms with Gasteiger partial charge in [0.2, 0.25) is 0 Å². The molecule has 1 aromatic carbocycles. The van der Waals surface area contributed by atoms with E-state index in [1.54, 1.807) is 0 Å². The Morgan fingerprint density at radius 3 is 2.69 bits per heavy atom. The number of hydrogen-bond acceptors (Lipinski definition) is 3. The van der Waals surface area contributed by atoms with Gasteiger partial charge in [-0.3, -0.25) is 4.90 Å². The third-order valence-electron chi connectivity index (χ3n) is 3.29. The Morgan fingerprint density at radius 2 is 2.00 bits per heavy atom. The molecule has 1 aromatic rings. The van der Waals surface area contributed by atoms with E-state index >= 15 is 0 Å². The van der Waals surface area contributed by atoms with Gasteiger partial charge in [-0.05, 0) is 12.6 Å². The first-order chi connectivity index (χ1) is 7.81. The normalized spacial score (nSPS) is 23.5. The molecule has 16 heavy (non-hydrogen) atoms. The van der Waals surface area contributed by atoms with Crippen LogP contribution in [0.3, 0.4) is 0 Å². The molecule has 0 aromatic heterocycles. The van der Waals surface area contributed by atoms with Crippen molar-refractivity contribution in [1.82, 2.24) is 9.80 Å². The molecule has 0 amide bonds. The largest absolute Gasteiger partial charge is 0.329 e. The molecule has 1 fully saturated rings. The highest BCUT2D eigenvalue weighted by atomic mass is 15.3. The lowest BCUT2D eigenvalue weighted by Crippen LogP contribution is -2.48. The first kappa shape index (κ1) is 11.6. The second-order valence-electron chi connectivity index (χ2n) is 4.51. The molecule has 3 nitrogen and oxygen atoms in total. The second kappa shape index (κ2) is 5.43. The average Bonchev–Trinajstić information content (AvgIpc) is 2.33. The van der Waals surface area contributed by atoms with Crippen LogP contribution < -0.4 is 5.73 Å². The van der Waals surface area contributed by atoms with Crippen LogP contribution in [0.1, 0.15) is 11.6 Å². The van der Waals surface area contributed by atoms with E-state index in [1.165, 1.54) is 5.56 Å². The fourth-order valence-electron chi connectivity index (χ4n) is 2.38. The minimum absolute atomic E-state index is 0.503. The van der Waals surface area contributed by atoms with Gasteiger partial charge >= 0.3 is 0 Å². The van der Waals surface area contributed by atoms with Crippen molar-refractivity contribution in [3.63, 3.8) is 0 Å². The summed E-state index contributed by atoms with van der Waals surface area (Å²) in [6.07, 6.45) is 0. The number of likely N-dealkylation sites (N-methyl/N-ethyl adjacent to an activating group) is 1. The lowest BCUT2D eigenvalue weighted by atomic mass is 10.0. The van der Waals surface area contributed by atoms with Crippen molar-refractivity contribution in [2.24, 2.45) is 5.73 Å². The Hall–Kier alpha value is -0.900. The van der Waals surface area contributed by atoms with Crippen LogP contribution in [0.25, 0.3) is 0 Å². The Labute approximate surface area is 97.8 Å². The molecule has 2 N–H and O–H groups in total. The van der Waals surface area contributed by atoms with E-state index in [2.05, 4.69) is 47.2 Å². The molecular formula is C13H21N3. The van der Waals surface area contributed by atoms with Crippen LogP contribution in [0.15, 0.2) is 30.3 Å². The summed E-state index contributed by atoms with van der Waals surface area (Å²) < 4.78 is 0. The molecule has 1 heterocycles. The quantitative estimate of drug-likeness (QED) is 0.821. The summed E-state index contributed by atoms with van der Waals surface area (Å²) in [5.74, 6) is 0. The fourth-order valence-corrected chi connectivity index (χ4v) is 2.38. The summed E-state index contributed by atoms with van der Waals surface area (Å²) in [6, 6.07) is 11.2. The van der Waals surface area contributed by atoms with Gasteiger partial charge in [0.1, 0.15) is 0 Å². The van der Waals surface area contributed by atoms with Gasteiger partial charge in [-0.15, -0.1) is 0 Å². The molecule has 1 aliphatic rings. The Bertz CT molecular complexity index is 312. The third kappa shape index (κ3) is 2.61. The smallest absolute Gasteiger partial charge is 0.0476 e. The predicted molar refractivity (Wildman–Crippen MR) is 67.3 cm³/mol. The minimum Gasteiger partial charge on any atom is -0.329 e. The van der Waals surface area contributed by atoms with Gasteiger partial charge in [-0.1, -0.05) is 30.3 Å². The van der Waals surface area contributed by atoms with E-state index in [-0.39, 0.29) is 0 Å². The number of hydrogen-bond donors (Lipinski definition) is 1. The van der Waals surface area contributed by atoms with Gasteiger partial charge in [0.05, 0.1) is 0 Å². The first-order valence-electron chi connectivity index (χ1n) is 5.99. The molecule has 3 heteroatoms. The van der Waals surface area contributed by atoms with E-state index in [0.717, 1.165) is 32.7 Å². The van der Waals surface area contributed by atoms with Gasteiger partial charge in [0, 0.05) is 38.8 Å². The maximum Gasteiger partial charge on any atom is 0.0476 e. The van der Waals surface area contributed by atoms with Crippen molar-refractivity contribution < 1.29 is 0 Å². The number of piperazine rings is 1. The molecule has 0 unspecified atom stereocenters. The number of nitrogens with zero attached hydrogens (tertiary/aromatic N) is 2. The van der Waals surface area contributed by atoms with Crippen LogP contribution in [0.5, 0.6) is 0 Å². The first-order valence-corrected chi connectivity index (χ1v) is 5.99. The lowest BCUT2D eigenvalue weighted by molar-refractivity contribution is 0.0928. The monoisotopic (exact) mass is 219 g/mol. The van der Waals surface area contributed by atoms with E-state index < -0.39 is 0 Å². The molecule has 0 bridgehead atoms. The minimum atomic E-state index is 0.503. The molecule has 2 rings (SSSR count). The molecule has 88 valence electrons. The molecule has 1 atom stereocenters. The lowest BCUT2D eigenvalue weighted by Gasteiger charge is -2.40. The van der Waals surface area contributed by atoms with Crippen LogP contribution in [0.2, 0.25) is 0 Å². The van der Waals surface area contributed by atoms with E-state index in [0.29, 0.717) is 6.04 Å². The number of nitrogens with two attached hydrogens (primary N) is 1. The van der Waals surface area contributed by atoms with Crippen molar-refractivity contribution in [3.05, 3.63) is 35.9 Å². The molecule has 1 saturated heterocycles. The molecule has 0 radical (unpaired) electrons. The van der Waals surface area contributed by atoms with Crippen LogP contribution in [-0.2, 0) is 0 Å². The highest BCUT2D eigenvalue weighted by molar-refractivity contribution is 5.20. The number of rotatable bonds is 3. The van der Waals surface area contributed by atoms with Crippen molar-refractivity contribution in [1.29, 1.82) is 0 Å². The van der Waals surface area contributed by atoms with E-state index in [4.69, 9.17) is 5.73 Å². The SMILES string of the molecule is CN1CCN(CCN)[C@H](c2ccccc2)C1. The van der Waals surface area contributed by atoms with Crippen LogP contribution in [0.4, 0.5) is 0 Å². The second-order valence-corrected chi connectivity index (χ2v) is 4.51. The highest BCUT2D eigenvalue weighted by Crippen LogP contribution is 2.23. The Balaban J connectivity index is 2.14. The highest BCUT2D eigenvalue weighted by Gasteiger charge is 2.25. The Morgan fingerprint density at radius 1 is 1.25 bits per heavy atom. The maximum absolute atomic E-state index is 5.68. The van der Waals surface area contributed by atoms with E-state index in [9.17, 15) is 0 Å². The summed E-state index contributed by atoms with van der Waals surface area (Å²) in [5, 5.41) is 0. The molecular weight excluding hydrogens is 198 g/mol. The summed E-state index contributed by atoms with van der Waals surface area (Å²) in [6.45, 7) is 5.10. The van der Waals surface area contributed by atoms with Gasteiger partial charge in [-0.25, -0.2) is 0 Å². The molecule has 1 aliphatic heterocycles. The van der Waals surface area contributed by atoms with Gasteiger partial charge in [-0.2, -0.15) is 0 Å². The van der Waals surface area contributed by atoms with Crippen molar-refractivity contribution in [3.8, 4) is 0 Å². The summed E-state index contributed by atoms with van der Waals surface area (Å²) in [7, 11) is 2.19. The van der Waals surface area contributed by atoms with E-state index in [1.807, 2.05) is 0 Å². The summed E-state index contributed by atoms with van der Waals surface area (Å²) in [4.78, 5) is 4.89. The van der Waals surface area contributed by atoms with Crippen molar-refractivity contribution in [2.45, 2.75) is 6.04 Å². The van der Waals surface area contributed by atoms with Crippen molar-refractivity contribution >= 4 is 0 Å². The predicted octanol–water partition coefficient (Wildman–Crippen LogP) is 0.934. The molecule has 0 aliphatic carbocycles. The standard InChI is InChI=1S/C13H21N3/c1-15-9-10-16(8-7-14)13(11-15)12-5-3-2-4-6-12/h2-6,13H,7-11,14H2,1H3/t13-/m0/s1. The maximum atomic E-state index is 5.68. The van der Waals surface area contributed by atoms with Crippen LogP contribution in [-0.4, -0.2) is 49.6 Å². The topological polar surface area (TPSA) is 32.5 Å². The van der Waals surface area contributed by atoms with Crippen LogP contribution in [0, 0.1) is 0 Å². The zero-order valence-corrected chi connectivity index (χ0v) is 9.97. The summed E-state index contributed by atoms with van der Waals surface area (Å²) in [5.41, 5.74) is 7.08. The third-order valence-corrected chi connectivity index (χ3v) is 3.29. The molecule has 0 spiro atoms. The Kier molecular flexibility index (Phi) is 3.93. The zero-order valence-electron chi connectivity index (χ0n) is 9.97. The zero-order chi connectivity index (χ0) is 11.4. The summed E-state index contributed by atoms with van der Waals surface area (Å²) >= 11 is 0. The van der Waals surface area contributed by atoms with Crippen molar-refractivity contribution in [2.75, 3.05) is 39.8 Å². The fraction of sp³-hybridized carbons (Fsp3) is 0.538.